The molecule has 0 saturated carbocycles. The number of thioether (sulfide) groups is 1. The molecule has 0 aliphatic carbocycles. The summed E-state index contributed by atoms with van der Waals surface area (Å²) in [6.07, 6.45) is 6.96. The van der Waals surface area contributed by atoms with Gasteiger partial charge in [-0.05, 0) is 19.2 Å². The van der Waals surface area contributed by atoms with Crippen LogP contribution < -0.4 is 10.2 Å². The third-order valence-electron chi connectivity index (χ3n) is 2.45. The van der Waals surface area contributed by atoms with Gasteiger partial charge in [0.05, 0.1) is 18.1 Å². The number of aromatic nitrogens is 2. The predicted octanol–water partition coefficient (Wildman–Crippen LogP) is 1.78. The SMILES string of the molecule is CCCNCc1cnc(N(C)CCSC)cn1. The third-order valence-corrected chi connectivity index (χ3v) is 3.04. The molecule has 1 aromatic heterocycles. The molecule has 1 rings (SSSR count). The minimum Gasteiger partial charge on any atom is -0.358 e. The maximum atomic E-state index is 4.42. The maximum Gasteiger partial charge on any atom is 0.146 e. The van der Waals surface area contributed by atoms with Crippen LogP contribution in [-0.2, 0) is 6.54 Å². The lowest BCUT2D eigenvalue weighted by molar-refractivity contribution is 0.661. The van der Waals surface area contributed by atoms with Gasteiger partial charge in [0.1, 0.15) is 5.82 Å². The molecule has 1 N–H and O–H groups in total. The fourth-order valence-electron chi connectivity index (χ4n) is 1.37. The van der Waals surface area contributed by atoms with Crippen molar-refractivity contribution < 1.29 is 0 Å². The Morgan fingerprint density at radius 1 is 1.35 bits per heavy atom. The molecule has 1 heterocycles. The lowest BCUT2D eigenvalue weighted by atomic mass is 10.4. The molecule has 0 saturated heterocycles. The number of anilines is 1. The molecule has 0 atom stereocenters. The van der Waals surface area contributed by atoms with E-state index in [-0.39, 0.29) is 0 Å². The van der Waals surface area contributed by atoms with Crippen LogP contribution in [-0.4, -0.2) is 42.1 Å². The van der Waals surface area contributed by atoms with Gasteiger partial charge in [0.2, 0.25) is 0 Å². The van der Waals surface area contributed by atoms with Crippen LogP contribution in [0, 0.1) is 0 Å². The van der Waals surface area contributed by atoms with Crippen molar-refractivity contribution in [3.8, 4) is 0 Å². The van der Waals surface area contributed by atoms with E-state index >= 15 is 0 Å². The molecule has 0 aromatic carbocycles. The monoisotopic (exact) mass is 254 g/mol. The topological polar surface area (TPSA) is 41.1 Å². The van der Waals surface area contributed by atoms with Gasteiger partial charge < -0.3 is 10.2 Å². The summed E-state index contributed by atoms with van der Waals surface area (Å²) in [5.41, 5.74) is 1.00. The Kier molecular flexibility index (Phi) is 6.96. The summed E-state index contributed by atoms with van der Waals surface area (Å²) in [6, 6.07) is 0. The van der Waals surface area contributed by atoms with Crippen molar-refractivity contribution in [3.63, 3.8) is 0 Å². The summed E-state index contributed by atoms with van der Waals surface area (Å²) in [7, 11) is 2.05. The first-order valence-corrected chi connectivity index (χ1v) is 7.39. The molecular weight excluding hydrogens is 232 g/mol. The van der Waals surface area contributed by atoms with Gasteiger partial charge in [-0.1, -0.05) is 6.92 Å². The van der Waals surface area contributed by atoms with Crippen molar-refractivity contribution in [2.24, 2.45) is 0 Å². The summed E-state index contributed by atoms with van der Waals surface area (Å²) >= 11 is 1.84. The summed E-state index contributed by atoms with van der Waals surface area (Å²) < 4.78 is 0. The highest BCUT2D eigenvalue weighted by Crippen LogP contribution is 2.07. The molecule has 4 nitrogen and oxygen atoms in total. The number of nitrogens with zero attached hydrogens (tertiary/aromatic N) is 3. The van der Waals surface area contributed by atoms with Crippen LogP contribution in [0.1, 0.15) is 19.0 Å². The molecule has 0 bridgehead atoms. The van der Waals surface area contributed by atoms with E-state index in [1.54, 1.807) is 0 Å². The van der Waals surface area contributed by atoms with Gasteiger partial charge in [0.15, 0.2) is 0 Å². The van der Waals surface area contributed by atoms with Crippen LogP contribution in [0.5, 0.6) is 0 Å². The summed E-state index contributed by atoms with van der Waals surface area (Å²) in [5, 5.41) is 3.31. The lowest BCUT2D eigenvalue weighted by Gasteiger charge is -2.17. The molecule has 0 aliphatic heterocycles. The van der Waals surface area contributed by atoms with Crippen LogP contribution in [0.2, 0.25) is 0 Å². The Morgan fingerprint density at radius 3 is 2.76 bits per heavy atom. The van der Waals surface area contributed by atoms with Gasteiger partial charge in [-0.25, -0.2) is 4.98 Å². The smallest absolute Gasteiger partial charge is 0.146 e. The Bertz CT molecular complexity index is 302. The van der Waals surface area contributed by atoms with E-state index in [0.29, 0.717) is 0 Å². The molecule has 96 valence electrons. The van der Waals surface area contributed by atoms with Gasteiger partial charge in [-0.3, -0.25) is 4.98 Å². The van der Waals surface area contributed by atoms with E-state index in [1.165, 1.54) is 0 Å². The Morgan fingerprint density at radius 2 is 2.18 bits per heavy atom. The molecule has 0 fully saturated rings. The number of hydrogen-bond donors (Lipinski definition) is 1. The average molecular weight is 254 g/mol. The molecule has 0 aliphatic rings. The highest BCUT2D eigenvalue weighted by atomic mass is 32.2. The van der Waals surface area contributed by atoms with Crippen molar-refractivity contribution >= 4 is 17.6 Å². The quantitative estimate of drug-likeness (QED) is 0.716. The maximum absolute atomic E-state index is 4.42. The first kappa shape index (κ1) is 14.3. The molecule has 1 aromatic rings. The van der Waals surface area contributed by atoms with Gasteiger partial charge in [0.25, 0.3) is 0 Å². The van der Waals surface area contributed by atoms with Crippen LogP contribution in [0.4, 0.5) is 5.82 Å². The first-order valence-electron chi connectivity index (χ1n) is 5.99. The largest absolute Gasteiger partial charge is 0.358 e. The summed E-state index contributed by atoms with van der Waals surface area (Å²) in [4.78, 5) is 11.0. The molecular formula is C12H22N4S. The number of hydrogen-bond acceptors (Lipinski definition) is 5. The second kappa shape index (κ2) is 8.31. The van der Waals surface area contributed by atoms with Crippen molar-refractivity contribution in [2.75, 3.05) is 37.0 Å². The van der Waals surface area contributed by atoms with Gasteiger partial charge in [0, 0.05) is 25.9 Å². The highest BCUT2D eigenvalue weighted by molar-refractivity contribution is 7.98. The standard InChI is InChI=1S/C12H22N4S/c1-4-5-13-8-11-9-15-12(10-14-11)16(2)6-7-17-3/h9-10,13H,4-8H2,1-3H3. The van der Waals surface area contributed by atoms with Gasteiger partial charge in [-0.15, -0.1) is 0 Å². The first-order chi connectivity index (χ1) is 8.27. The van der Waals surface area contributed by atoms with Gasteiger partial charge >= 0.3 is 0 Å². The van der Waals surface area contributed by atoms with Crippen molar-refractivity contribution in [1.29, 1.82) is 0 Å². The third kappa shape index (κ3) is 5.37. The normalized spacial score (nSPS) is 10.5. The fourth-order valence-corrected chi connectivity index (χ4v) is 1.83. The van der Waals surface area contributed by atoms with Crippen molar-refractivity contribution in [2.45, 2.75) is 19.9 Å². The van der Waals surface area contributed by atoms with E-state index in [0.717, 1.165) is 43.3 Å². The van der Waals surface area contributed by atoms with E-state index in [4.69, 9.17) is 0 Å². The zero-order valence-corrected chi connectivity index (χ0v) is 11.8. The predicted molar refractivity (Wildman–Crippen MR) is 75.7 cm³/mol. The fraction of sp³-hybridized carbons (Fsp3) is 0.667. The second-order valence-electron chi connectivity index (χ2n) is 3.96. The van der Waals surface area contributed by atoms with E-state index < -0.39 is 0 Å². The Labute approximate surface area is 108 Å². The average Bonchev–Trinajstić information content (AvgIpc) is 2.37. The van der Waals surface area contributed by atoms with Crippen molar-refractivity contribution in [3.05, 3.63) is 18.1 Å². The molecule has 0 amide bonds. The molecule has 5 heteroatoms. The summed E-state index contributed by atoms with van der Waals surface area (Å²) in [5.74, 6) is 2.05. The molecule has 17 heavy (non-hydrogen) atoms. The lowest BCUT2D eigenvalue weighted by Crippen LogP contribution is -2.22. The minimum absolute atomic E-state index is 0.801. The molecule has 0 radical (unpaired) electrons. The summed E-state index contributed by atoms with van der Waals surface area (Å²) in [6.45, 7) is 4.98. The van der Waals surface area contributed by atoms with Crippen molar-refractivity contribution in [1.82, 2.24) is 15.3 Å². The number of nitrogens with one attached hydrogen (secondary N) is 1. The van der Waals surface area contributed by atoms with Crippen LogP contribution in [0.25, 0.3) is 0 Å². The van der Waals surface area contributed by atoms with Crippen LogP contribution in [0.3, 0.4) is 0 Å². The Hall–Kier alpha value is -0.810. The molecule has 0 unspecified atom stereocenters. The van der Waals surface area contributed by atoms with Crippen LogP contribution >= 0.6 is 11.8 Å². The highest BCUT2D eigenvalue weighted by Gasteiger charge is 2.02. The zero-order valence-electron chi connectivity index (χ0n) is 10.9. The van der Waals surface area contributed by atoms with Gasteiger partial charge in [-0.2, -0.15) is 11.8 Å². The zero-order chi connectivity index (χ0) is 12.5. The minimum atomic E-state index is 0.801. The molecule has 0 spiro atoms. The van der Waals surface area contributed by atoms with E-state index in [2.05, 4.69) is 40.4 Å². The van der Waals surface area contributed by atoms with Crippen LogP contribution in [0.15, 0.2) is 12.4 Å². The van der Waals surface area contributed by atoms with E-state index in [1.807, 2.05) is 24.2 Å². The second-order valence-corrected chi connectivity index (χ2v) is 4.94. The Balaban J connectivity index is 2.43. The van der Waals surface area contributed by atoms with E-state index in [9.17, 15) is 0 Å². The number of rotatable bonds is 8.